The highest BCUT2D eigenvalue weighted by atomic mass is 35.5. The van der Waals surface area contributed by atoms with Gasteiger partial charge in [-0.15, -0.1) is 0 Å². The molecule has 0 bridgehead atoms. The lowest BCUT2D eigenvalue weighted by atomic mass is 9.77. The Labute approximate surface area is 202 Å². The summed E-state index contributed by atoms with van der Waals surface area (Å²) in [7, 11) is -3.85. The van der Waals surface area contributed by atoms with Crippen molar-refractivity contribution in [3.8, 4) is 0 Å². The van der Waals surface area contributed by atoms with Crippen molar-refractivity contribution in [1.29, 1.82) is 0 Å². The third-order valence-electron chi connectivity index (χ3n) is 5.86. The molecule has 1 unspecified atom stereocenters. The summed E-state index contributed by atoms with van der Waals surface area (Å²) in [6.07, 6.45) is 1.43. The maximum absolute atomic E-state index is 13.6. The number of hydrogen-bond acceptors (Lipinski definition) is 2. The Hall–Kier alpha value is -2.19. The van der Waals surface area contributed by atoms with Gasteiger partial charge in [0, 0.05) is 19.0 Å². The van der Waals surface area contributed by atoms with Crippen molar-refractivity contribution in [3.63, 3.8) is 0 Å². The molecule has 0 radical (unpaired) electrons. The van der Waals surface area contributed by atoms with E-state index < -0.39 is 10.2 Å². The lowest BCUT2D eigenvalue weighted by Gasteiger charge is -2.37. The fourth-order valence-corrected chi connectivity index (χ4v) is 5.92. The number of hydrogen-bond donors (Lipinski definition) is 1. The summed E-state index contributed by atoms with van der Waals surface area (Å²) < 4.78 is 57.3. The first-order valence-corrected chi connectivity index (χ1v) is 12.7. The average molecular weight is 511 g/mol. The van der Waals surface area contributed by atoms with Crippen LogP contribution in [-0.2, 0) is 10.2 Å². The van der Waals surface area contributed by atoms with Gasteiger partial charge in [-0.25, -0.2) is 8.78 Å². The van der Waals surface area contributed by atoms with Gasteiger partial charge in [0.15, 0.2) is 0 Å². The van der Waals surface area contributed by atoms with Gasteiger partial charge >= 0.3 is 10.2 Å². The molecule has 3 aromatic carbocycles. The van der Waals surface area contributed by atoms with E-state index >= 15 is 0 Å². The molecule has 0 saturated carbocycles. The van der Waals surface area contributed by atoms with Crippen molar-refractivity contribution in [3.05, 3.63) is 99.5 Å². The quantitative estimate of drug-likeness (QED) is 0.412. The van der Waals surface area contributed by atoms with Crippen molar-refractivity contribution in [2.45, 2.75) is 18.8 Å². The number of piperidine rings is 1. The Bertz CT molecular complexity index is 1180. The zero-order chi connectivity index (χ0) is 23.6. The number of benzene rings is 3. The molecule has 33 heavy (non-hydrogen) atoms. The second kappa shape index (κ2) is 9.97. The van der Waals surface area contributed by atoms with Gasteiger partial charge in [0.1, 0.15) is 11.6 Å². The second-order valence-electron chi connectivity index (χ2n) is 8.08. The number of nitrogens with zero attached hydrogens (tertiary/aromatic N) is 1. The highest BCUT2D eigenvalue weighted by Crippen LogP contribution is 2.38. The van der Waals surface area contributed by atoms with Crippen molar-refractivity contribution >= 4 is 39.1 Å². The monoisotopic (exact) mass is 510 g/mol. The van der Waals surface area contributed by atoms with E-state index in [2.05, 4.69) is 4.72 Å². The van der Waals surface area contributed by atoms with E-state index in [9.17, 15) is 17.2 Å². The Morgan fingerprint density at radius 1 is 0.879 bits per heavy atom. The smallest absolute Gasteiger partial charge is 0.271 e. The minimum atomic E-state index is -3.85. The molecule has 174 valence electrons. The van der Waals surface area contributed by atoms with E-state index in [0.29, 0.717) is 23.7 Å². The Morgan fingerprint density at radius 3 is 2.00 bits per heavy atom. The van der Waals surface area contributed by atoms with Crippen LogP contribution in [0.4, 0.5) is 14.5 Å². The van der Waals surface area contributed by atoms with Crippen LogP contribution < -0.4 is 4.72 Å². The van der Waals surface area contributed by atoms with Crippen LogP contribution >= 0.6 is 23.2 Å². The predicted molar refractivity (Wildman–Crippen MR) is 128 cm³/mol. The molecule has 3 aromatic rings. The molecule has 4 rings (SSSR count). The van der Waals surface area contributed by atoms with Gasteiger partial charge in [-0.3, -0.25) is 4.72 Å². The van der Waals surface area contributed by atoms with E-state index in [1.165, 1.54) is 40.7 Å². The lowest BCUT2D eigenvalue weighted by molar-refractivity contribution is 0.250. The van der Waals surface area contributed by atoms with Crippen molar-refractivity contribution in [2.24, 2.45) is 5.92 Å². The summed E-state index contributed by atoms with van der Waals surface area (Å²) in [5.41, 5.74) is 2.02. The molecule has 0 amide bonds. The normalized spacial score (nSPS) is 17.3. The molecule has 1 aliphatic heterocycles. The zero-order valence-electron chi connectivity index (χ0n) is 17.5. The highest BCUT2D eigenvalue weighted by molar-refractivity contribution is 7.90. The summed E-state index contributed by atoms with van der Waals surface area (Å²) in [5, 5.41) is 0.583. The van der Waals surface area contributed by atoms with E-state index in [1.807, 2.05) is 0 Å². The Kier molecular flexibility index (Phi) is 7.24. The Balaban J connectivity index is 1.61. The molecule has 1 fully saturated rings. The maximum atomic E-state index is 13.6. The van der Waals surface area contributed by atoms with Crippen LogP contribution in [0.2, 0.25) is 10.0 Å². The van der Waals surface area contributed by atoms with Gasteiger partial charge in [0.05, 0.1) is 15.7 Å². The van der Waals surface area contributed by atoms with Crippen LogP contribution in [-0.4, -0.2) is 25.8 Å². The number of nitrogens with one attached hydrogen (secondary N) is 1. The molecule has 1 aliphatic rings. The van der Waals surface area contributed by atoms with Gasteiger partial charge in [-0.2, -0.15) is 12.7 Å². The van der Waals surface area contributed by atoms with E-state index in [1.54, 1.807) is 30.3 Å². The summed E-state index contributed by atoms with van der Waals surface area (Å²) in [5.74, 6) is -1.00. The van der Waals surface area contributed by atoms with Crippen LogP contribution in [0.3, 0.4) is 0 Å². The first-order valence-electron chi connectivity index (χ1n) is 10.5. The van der Waals surface area contributed by atoms with Crippen molar-refractivity contribution in [1.82, 2.24) is 4.31 Å². The molecule has 1 N–H and O–H groups in total. The van der Waals surface area contributed by atoms with Crippen LogP contribution in [0.25, 0.3) is 0 Å². The minimum absolute atomic E-state index is 0.0833. The molecule has 4 nitrogen and oxygen atoms in total. The van der Waals surface area contributed by atoms with Gasteiger partial charge < -0.3 is 0 Å². The zero-order valence-corrected chi connectivity index (χ0v) is 19.8. The van der Waals surface area contributed by atoms with Gasteiger partial charge in [-0.05, 0) is 72.4 Å². The van der Waals surface area contributed by atoms with Crippen LogP contribution in [0.15, 0.2) is 66.7 Å². The first-order chi connectivity index (χ1) is 15.7. The molecular formula is C24H22Cl2F2N2O2S. The minimum Gasteiger partial charge on any atom is -0.271 e. The SMILES string of the molecule is O=S(=O)(Nc1ccc(Cl)c(Cl)c1)N1CCCC(C(c2ccc(F)cc2)c2ccc(F)cc2)C1. The number of anilines is 1. The third-order valence-corrected chi connectivity index (χ3v) is 8.10. The standard InChI is InChI=1S/C24H22Cl2F2N2O2S/c25-22-12-11-21(14-23(22)26)29-33(31,32)30-13-1-2-18(15-30)24(16-3-7-19(27)8-4-16)17-5-9-20(28)10-6-17/h3-12,14,18,24,29H,1-2,13,15H2. The predicted octanol–water partition coefficient (Wildman–Crippen LogP) is 6.47. The largest absolute Gasteiger partial charge is 0.301 e. The molecule has 1 atom stereocenters. The van der Waals surface area contributed by atoms with Gasteiger partial charge in [-0.1, -0.05) is 47.5 Å². The van der Waals surface area contributed by atoms with Crippen LogP contribution in [0.5, 0.6) is 0 Å². The molecule has 9 heteroatoms. The molecule has 1 saturated heterocycles. The Morgan fingerprint density at radius 2 is 1.45 bits per heavy atom. The first kappa shape index (κ1) is 24.0. The average Bonchev–Trinajstić information content (AvgIpc) is 2.79. The van der Waals surface area contributed by atoms with Gasteiger partial charge in [0.2, 0.25) is 0 Å². The summed E-state index contributed by atoms with van der Waals surface area (Å²) in [4.78, 5) is 0. The molecule has 0 spiro atoms. The molecule has 1 heterocycles. The molecule has 0 aromatic heterocycles. The van der Waals surface area contributed by atoms with Crippen LogP contribution in [0, 0.1) is 17.6 Å². The van der Waals surface area contributed by atoms with Crippen molar-refractivity contribution in [2.75, 3.05) is 17.8 Å². The van der Waals surface area contributed by atoms with E-state index in [-0.39, 0.29) is 35.0 Å². The summed E-state index contributed by atoms with van der Waals surface area (Å²) in [6.45, 7) is 0.628. The molecule has 0 aliphatic carbocycles. The van der Waals surface area contributed by atoms with Crippen LogP contribution in [0.1, 0.15) is 29.9 Å². The maximum Gasteiger partial charge on any atom is 0.301 e. The van der Waals surface area contributed by atoms with E-state index in [4.69, 9.17) is 23.2 Å². The fraction of sp³-hybridized carbons (Fsp3) is 0.250. The van der Waals surface area contributed by atoms with E-state index in [0.717, 1.165) is 17.5 Å². The summed E-state index contributed by atoms with van der Waals surface area (Å²) in [6, 6.07) is 16.9. The summed E-state index contributed by atoms with van der Waals surface area (Å²) >= 11 is 11.9. The third kappa shape index (κ3) is 5.66. The van der Waals surface area contributed by atoms with Gasteiger partial charge in [0.25, 0.3) is 0 Å². The fourth-order valence-electron chi connectivity index (χ4n) is 4.31. The molecular weight excluding hydrogens is 489 g/mol. The number of halogens is 4. The van der Waals surface area contributed by atoms with Crippen molar-refractivity contribution < 1.29 is 17.2 Å². The topological polar surface area (TPSA) is 49.4 Å². The highest BCUT2D eigenvalue weighted by Gasteiger charge is 2.34. The second-order valence-corrected chi connectivity index (χ2v) is 10.6. The lowest BCUT2D eigenvalue weighted by Crippen LogP contribution is -2.44. The number of rotatable bonds is 6.